The first-order valence-electron chi connectivity index (χ1n) is 6.84. The summed E-state index contributed by atoms with van der Waals surface area (Å²) in [5, 5.41) is 7.89. The fourth-order valence-corrected chi connectivity index (χ4v) is 3.20. The molecule has 0 fully saturated rings. The minimum Gasteiger partial charge on any atom is -0.493 e. The molecule has 0 aliphatic rings. The van der Waals surface area contributed by atoms with Crippen molar-refractivity contribution < 1.29 is 4.74 Å². The third kappa shape index (κ3) is 4.33. The van der Waals surface area contributed by atoms with Crippen LogP contribution in [0.1, 0.15) is 30.0 Å². The largest absolute Gasteiger partial charge is 0.493 e. The topological polar surface area (TPSA) is 21.3 Å². The van der Waals surface area contributed by atoms with Gasteiger partial charge in [0.25, 0.3) is 0 Å². The molecule has 1 aromatic carbocycles. The van der Waals surface area contributed by atoms with Crippen LogP contribution in [0.15, 0.2) is 33.4 Å². The molecule has 2 aromatic rings. The van der Waals surface area contributed by atoms with Crippen molar-refractivity contribution in [2.75, 3.05) is 6.61 Å². The van der Waals surface area contributed by atoms with Gasteiger partial charge in [-0.1, -0.05) is 22.9 Å². The minimum atomic E-state index is 0.762. The second-order valence-electron chi connectivity index (χ2n) is 4.78. The third-order valence-corrected chi connectivity index (χ3v) is 4.48. The number of hydrogen-bond acceptors (Lipinski definition) is 3. The van der Waals surface area contributed by atoms with Crippen LogP contribution in [0.4, 0.5) is 0 Å². The number of ether oxygens (including phenoxy) is 1. The SMILES string of the molecule is CCCOc1ccc(Br)cc1CNCc1cscc1C. The third-order valence-electron chi connectivity index (χ3n) is 3.08. The van der Waals surface area contributed by atoms with Gasteiger partial charge in [-0.2, -0.15) is 11.3 Å². The molecule has 2 nitrogen and oxygen atoms in total. The molecule has 20 heavy (non-hydrogen) atoms. The lowest BCUT2D eigenvalue weighted by atomic mass is 10.2. The molecular formula is C16H20BrNOS. The van der Waals surface area contributed by atoms with Crippen molar-refractivity contribution in [3.63, 3.8) is 0 Å². The predicted octanol–water partition coefficient (Wildman–Crippen LogP) is 4.90. The first kappa shape index (κ1) is 15.5. The molecule has 0 saturated heterocycles. The van der Waals surface area contributed by atoms with Gasteiger partial charge in [0.15, 0.2) is 0 Å². The summed E-state index contributed by atoms with van der Waals surface area (Å²) in [5.74, 6) is 0.976. The van der Waals surface area contributed by atoms with E-state index < -0.39 is 0 Å². The second-order valence-corrected chi connectivity index (χ2v) is 6.44. The number of thiophene rings is 1. The first-order valence-corrected chi connectivity index (χ1v) is 8.58. The molecule has 1 heterocycles. The number of benzene rings is 1. The van der Waals surface area contributed by atoms with E-state index in [0.717, 1.165) is 36.3 Å². The summed E-state index contributed by atoms with van der Waals surface area (Å²) in [6.45, 7) is 6.75. The van der Waals surface area contributed by atoms with E-state index in [4.69, 9.17) is 4.74 Å². The van der Waals surface area contributed by atoms with Crippen molar-refractivity contribution in [1.82, 2.24) is 5.32 Å². The van der Waals surface area contributed by atoms with E-state index >= 15 is 0 Å². The second kappa shape index (κ2) is 7.81. The lowest BCUT2D eigenvalue weighted by Gasteiger charge is -2.12. The number of nitrogens with one attached hydrogen (secondary N) is 1. The molecule has 1 aromatic heterocycles. The van der Waals surface area contributed by atoms with Gasteiger partial charge in [-0.05, 0) is 53.4 Å². The maximum atomic E-state index is 5.79. The Morgan fingerprint density at radius 2 is 2.00 bits per heavy atom. The van der Waals surface area contributed by atoms with Gasteiger partial charge in [0.05, 0.1) is 6.61 Å². The van der Waals surface area contributed by atoms with Crippen molar-refractivity contribution in [2.24, 2.45) is 0 Å². The Kier molecular flexibility index (Phi) is 6.07. The maximum absolute atomic E-state index is 5.79. The summed E-state index contributed by atoms with van der Waals surface area (Å²) in [6.07, 6.45) is 1.02. The van der Waals surface area contributed by atoms with Gasteiger partial charge in [0.1, 0.15) is 5.75 Å². The van der Waals surface area contributed by atoms with E-state index in [1.165, 1.54) is 16.7 Å². The molecular weight excluding hydrogens is 334 g/mol. The van der Waals surface area contributed by atoms with Crippen LogP contribution in [0.25, 0.3) is 0 Å². The Balaban J connectivity index is 1.97. The highest BCUT2D eigenvalue weighted by atomic mass is 79.9. The standard InChI is InChI=1S/C16H20BrNOS/c1-3-6-19-16-5-4-15(17)7-13(16)8-18-9-14-11-20-10-12(14)2/h4-5,7,10-11,18H,3,6,8-9H2,1-2H3. The lowest BCUT2D eigenvalue weighted by Crippen LogP contribution is -2.14. The molecule has 0 spiro atoms. The number of rotatable bonds is 7. The van der Waals surface area contributed by atoms with E-state index in [1.54, 1.807) is 11.3 Å². The van der Waals surface area contributed by atoms with E-state index in [0.29, 0.717) is 0 Å². The van der Waals surface area contributed by atoms with Crippen molar-refractivity contribution in [1.29, 1.82) is 0 Å². The summed E-state index contributed by atoms with van der Waals surface area (Å²) in [6, 6.07) is 6.18. The summed E-state index contributed by atoms with van der Waals surface area (Å²) >= 11 is 5.28. The summed E-state index contributed by atoms with van der Waals surface area (Å²) < 4.78 is 6.88. The molecule has 0 amide bonds. The molecule has 108 valence electrons. The molecule has 0 atom stereocenters. The van der Waals surface area contributed by atoms with Gasteiger partial charge in [0, 0.05) is 23.1 Å². The van der Waals surface area contributed by atoms with Gasteiger partial charge in [-0.25, -0.2) is 0 Å². The van der Waals surface area contributed by atoms with Crippen molar-refractivity contribution in [3.8, 4) is 5.75 Å². The minimum absolute atomic E-state index is 0.762. The van der Waals surface area contributed by atoms with Crippen LogP contribution < -0.4 is 10.1 Å². The quantitative estimate of drug-likeness (QED) is 0.764. The zero-order valence-corrected chi connectivity index (χ0v) is 14.3. The summed E-state index contributed by atoms with van der Waals surface area (Å²) in [4.78, 5) is 0. The Labute approximate surface area is 133 Å². The van der Waals surface area contributed by atoms with Gasteiger partial charge in [-0.15, -0.1) is 0 Å². The molecule has 0 unspecified atom stereocenters. The fraction of sp³-hybridized carbons (Fsp3) is 0.375. The van der Waals surface area contributed by atoms with E-state index in [2.05, 4.69) is 51.9 Å². The molecule has 0 aliphatic carbocycles. The van der Waals surface area contributed by atoms with Crippen LogP contribution in [-0.4, -0.2) is 6.61 Å². The van der Waals surface area contributed by atoms with Crippen molar-refractivity contribution >= 4 is 27.3 Å². The van der Waals surface area contributed by atoms with Crippen LogP contribution in [0, 0.1) is 6.92 Å². The molecule has 0 radical (unpaired) electrons. The molecule has 0 aliphatic heterocycles. The first-order chi connectivity index (χ1) is 9.70. The van der Waals surface area contributed by atoms with Gasteiger partial charge in [-0.3, -0.25) is 0 Å². The van der Waals surface area contributed by atoms with E-state index in [9.17, 15) is 0 Å². The Morgan fingerprint density at radius 3 is 2.70 bits per heavy atom. The van der Waals surface area contributed by atoms with Crippen LogP contribution in [0.2, 0.25) is 0 Å². The maximum Gasteiger partial charge on any atom is 0.123 e. The molecule has 0 bridgehead atoms. The predicted molar refractivity (Wildman–Crippen MR) is 89.5 cm³/mol. The molecule has 1 N–H and O–H groups in total. The van der Waals surface area contributed by atoms with E-state index in [1.807, 2.05) is 12.1 Å². The van der Waals surface area contributed by atoms with Gasteiger partial charge < -0.3 is 10.1 Å². The summed E-state index contributed by atoms with van der Waals surface area (Å²) in [7, 11) is 0. The Morgan fingerprint density at radius 1 is 1.20 bits per heavy atom. The Bertz CT molecular complexity index is 553. The highest BCUT2D eigenvalue weighted by Gasteiger charge is 2.05. The average Bonchev–Trinajstić information content (AvgIpc) is 2.84. The van der Waals surface area contributed by atoms with Crippen LogP contribution in [0.5, 0.6) is 5.75 Å². The van der Waals surface area contributed by atoms with Crippen molar-refractivity contribution in [3.05, 3.63) is 50.1 Å². The molecule has 4 heteroatoms. The van der Waals surface area contributed by atoms with E-state index in [-0.39, 0.29) is 0 Å². The number of halogens is 1. The Hall–Kier alpha value is -0.840. The zero-order chi connectivity index (χ0) is 14.4. The number of hydrogen-bond donors (Lipinski definition) is 1. The highest BCUT2D eigenvalue weighted by molar-refractivity contribution is 9.10. The smallest absolute Gasteiger partial charge is 0.123 e. The lowest BCUT2D eigenvalue weighted by molar-refractivity contribution is 0.313. The van der Waals surface area contributed by atoms with Gasteiger partial charge in [0.2, 0.25) is 0 Å². The zero-order valence-electron chi connectivity index (χ0n) is 11.9. The highest BCUT2D eigenvalue weighted by Crippen LogP contribution is 2.23. The summed E-state index contributed by atoms with van der Waals surface area (Å²) in [5.41, 5.74) is 3.93. The average molecular weight is 354 g/mol. The molecule has 0 saturated carbocycles. The normalized spacial score (nSPS) is 10.8. The monoisotopic (exact) mass is 353 g/mol. The van der Waals surface area contributed by atoms with Crippen molar-refractivity contribution in [2.45, 2.75) is 33.4 Å². The van der Waals surface area contributed by atoms with Crippen LogP contribution >= 0.6 is 27.3 Å². The molecule has 2 rings (SSSR count). The number of aryl methyl sites for hydroxylation is 1. The van der Waals surface area contributed by atoms with Crippen LogP contribution in [0.3, 0.4) is 0 Å². The fourth-order valence-electron chi connectivity index (χ4n) is 1.94. The van der Waals surface area contributed by atoms with Gasteiger partial charge >= 0.3 is 0 Å². The van der Waals surface area contributed by atoms with Crippen LogP contribution in [-0.2, 0) is 13.1 Å².